The highest BCUT2D eigenvalue weighted by Crippen LogP contribution is 2.11. The molecule has 0 saturated carbocycles. The maximum Gasteiger partial charge on any atom is 0.333 e. The predicted molar refractivity (Wildman–Crippen MR) is 91.5 cm³/mol. The van der Waals surface area contributed by atoms with Crippen molar-refractivity contribution in [2.45, 2.75) is 97.3 Å². The Morgan fingerprint density at radius 1 is 0.762 bits per heavy atom. The number of hydrogen-bond donors (Lipinski definition) is 0. The van der Waals surface area contributed by atoms with Gasteiger partial charge in [-0.2, -0.15) is 0 Å². The topological polar surface area (TPSA) is 26.3 Å². The van der Waals surface area contributed by atoms with Crippen LogP contribution >= 0.6 is 0 Å². The van der Waals surface area contributed by atoms with Crippen LogP contribution in [0, 0.1) is 0 Å². The van der Waals surface area contributed by atoms with Gasteiger partial charge in [-0.05, 0) is 19.3 Å². The third-order valence-corrected chi connectivity index (χ3v) is 3.85. The maximum atomic E-state index is 11.7. The van der Waals surface area contributed by atoms with E-state index in [0.717, 1.165) is 19.3 Å². The molecule has 0 unspecified atom stereocenters. The van der Waals surface area contributed by atoms with E-state index in [4.69, 9.17) is 4.74 Å². The fraction of sp³-hybridized carbons (Fsp3) is 0.842. The molecule has 0 aromatic heterocycles. The second-order valence-corrected chi connectivity index (χ2v) is 6.03. The molecule has 0 fully saturated rings. The van der Waals surface area contributed by atoms with E-state index in [1.54, 1.807) is 0 Å². The first-order valence-electron chi connectivity index (χ1n) is 9.07. The molecule has 124 valence electrons. The second kappa shape index (κ2) is 15.6. The van der Waals surface area contributed by atoms with Gasteiger partial charge in [0.05, 0.1) is 6.61 Å². The Morgan fingerprint density at radius 2 is 1.24 bits per heavy atom. The summed E-state index contributed by atoms with van der Waals surface area (Å²) in [4.78, 5) is 11.7. The molecular weight excluding hydrogens is 260 g/mol. The maximum absolute atomic E-state index is 11.7. The zero-order valence-electron chi connectivity index (χ0n) is 14.4. The van der Waals surface area contributed by atoms with E-state index < -0.39 is 0 Å². The van der Waals surface area contributed by atoms with Gasteiger partial charge in [0.15, 0.2) is 0 Å². The van der Waals surface area contributed by atoms with Crippen LogP contribution in [0.4, 0.5) is 0 Å². The second-order valence-electron chi connectivity index (χ2n) is 6.03. The summed E-state index contributed by atoms with van der Waals surface area (Å²) in [6.07, 6.45) is 15.6. The lowest BCUT2D eigenvalue weighted by Gasteiger charge is -2.07. The van der Waals surface area contributed by atoms with Crippen LogP contribution in [0.25, 0.3) is 0 Å². The first-order chi connectivity index (χ1) is 10.2. The molecule has 0 N–H and O–H groups in total. The Bertz CT molecular complexity index is 258. The highest BCUT2D eigenvalue weighted by atomic mass is 16.5. The number of rotatable bonds is 15. The van der Waals surface area contributed by atoms with Gasteiger partial charge in [0, 0.05) is 5.57 Å². The van der Waals surface area contributed by atoms with E-state index in [9.17, 15) is 4.79 Å². The van der Waals surface area contributed by atoms with E-state index >= 15 is 0 Å². The summed E-state index contributed by atoms with van der Waals surface area (Å²) >= 11 is 0. The lowest BCUT2D eigenvalue weighted by molar-refractivity contribution is -0.139. The number of hydrogen-bond acceptors (Lipinski definition) is 2. The standard InChI is InChI=1S/C19H36O2/c1-4-6-8-10-11-12-13-15-17-21-19(20)18(3)16-14-9-7-5-2/h3-17H2,1-2H3. The summed E-state index contributed by atoms with van der Waals surface area (Å²) < 4.78 is 5.27. The number of carbonyl (C=O) groups excluding carboxylic acids is 1. The molecular formula is C19H36O2. The lowest BCUT2D eigenvalue weighted by Crippen LogP contribution is -2.08. The first-order valence-corrected chi connectivity index (χ1v) is 9.07. The van der Waals surface area contributed by atoms with E-state index in [1.807, 2.05) is 0 Å². The summed E-state index contributed by atoms with van der Waals surface area (Å²) in [6, 6.07) is 0. The Labute approximate surface area is 132 Å². The molecule has 2 nitrogen and oxygen atoms in total. The molecule has 0 aliphatic carbocycles. The first kappa shape index (κ1) is 20.2. The fourth-order valence-electron chi connectivity index (χ4n) is 2.37. The van der Waals surface area contributed by atoms with Gasteiger partial charge in [-0.25, -0.2) is 4.79 Å². The van der Waals surface area contributed by atoms with Gasteiger partial charge in [0.1, 0.15) is 0 Å². The zero-order chi connectivity index (χ0) is 15.8. The van der Waals surface area contributed by atoms with Crippen molar-refractivity contribution in [3.63, 3.8) is 0 Å². The van der Waals surface area contributed by atoms with Gasteiger partial charge in [0.2, 0.25) is 0 Å². The molecule has 0 aliphatic rings. The van der Waals surface area contributed by atoms with Crippen LogP contribution in [0.1, 0.15) is 97.3 Å². The third kappa shape index (κ3) is 13.9. The number of unbranched alkanes of at least 4 members (excludes halogenated alkanes) is 10. The normalized spacial score (nSPS) is 10.6. The van der Waals surface area contributed by atoms with Crippen LogP contribution in [0.5, 0.6) is 0 Å². The molecule has 0 radical (unpaired) electrons. The van der Waals surface area contributed by atoms with Gasteiger partial charge >= 0.3 is 5.97 Å². The van der Waals surface area contributed by atoms with E-state index in [2.05, 4.69) is 20.4 Å². The summed E-state index contributed by atoms with van der Waals surface area (Å²) in [5.74, 6) is -0.186. The molecule has 0 bridgehead atoms. The molecule has 0 aliphatic heterocycles. The monoisotopic (exact) mass is 296 g/mol. The van der Waals surface area contributed by atoms with Gasteiger partial charge < -0.3 is 4.74 Å². The Morgan fingerprint density at radius 3 is 1.81 bits per heavy atom. The van der Waals surface area contributed by atoms with Gasteiger partial charge in [-0.15, -0.1) is 0 Å². The quantitative estimate of drug-likeness (QED) is 0.204. The van der Waals surface area contributed by atoms with Crippen molar-refractivity contribution >= 4 is 5.97 Å². The highest BCUT2D eigenvalue weighted by molar-refractivity contribution is 5.87. The summed E-state index contributed by atoms with van der Waals surface area (Å²) in [7, 11) is 0. The molecule has 0 saturated heterocycles. The van der Waals surface area contributed by atoms with Crippen LogP contribution in [0.2, 0.25) is 0 Å². The Hall–Kier alpha value is -0.790. The minimum atomic E-state index is -0.186. The van der Waals surface area contributed by atoms with Crippen molar-refractivity contribution in [2.75, 3.05) is 6.61 Å². The van der Waals surface area contributed by atoms with E-state index in [1.165, 1.54) is 64.2 Å². The molecule has 21 heavy (non-hydrogen) atoms. The average molecular weight is 296 g/mol. The van der Waals surface area contributed by atoms with E-state index in [-0.39, 0.29) is 5.97 Å². The molecule has 0 aromatic rings. The lowest BCUT2D eigenvalue weighted by atomic mass is 10.1. The third-order valence-electron chi connectivity index (χ3n) is 3.85. The van der Waals surface area contributed by atoms with Crippen molar-refractivity contribution in [2.24, 2.45) is 0 Å². The minimum Gasteiger partial charge on any atom is -0.462 e. The summed E-state index contributed by atoms with van der Waals surface area (Å²) in [6.45, 7) is 8.82. The molecule has 0 atom stereocenters. The van der Waals surface area contributed by atoms with Gasteiger partial charge in [0.25, 0.3) is 0 Å². The smallest absolute Gasteiger partial charge is 0.333 e. The Kier molecular flexibility index (Phi) is 15.0. The van der Waals surface area contributed by atoms with Crippen molar-refractivity contribution in [1.29, 1.82) is 0 Å². The van der Waals surface area contributed by atoms with Crippen molar-refractivity contribution in [3.05, 3.63) is 12.2 Å². The molecule has 0 aromatic carbocycles. The largest absolute Gasteiger partial charge is 0.462 e. The number of ether oxygens (including phenoxy) is 1. The molecule has 2 heteroatoms. The predicted octanol–water partition coefficient (Wildman–Crippen LogP) is 6.20. The average Bonchev–Trinajstić information content (AvgIpc) is 2.49. The zero-order valence-corrected chi connectivity index (χ0v) is 14.4. The van der Waals surface area contributed by atoms with Crippen molar-refractivity contribution < 1.29 is 9.53 Å². The molecule has 0 rings (SSSR count). The van der Waals surface area contributed by atoms with Crippen LogP contribution in [0.3, 0.4) is 0 Å². The Balaban J connectivity index is 3.34. The number of esters is 1. The van der Waals surface area contributed by atoms with Crippen LogP contribution in [0.15, 0.2) is 12.2 Å². The van der Waals surface area contributed by atoms with Crippen molar-refractivity contribution in [1.82, 2.24) is 0 Å². The summed E-state index contributed by atoms with van der Waals surface area (Å²) in [5, 5.41) is 0. The van der Waals surface area contributed by atoms with Gasteiger partial charge in [-0.1, -0.05) is 84.6 Å². The fourth-order valence-corrected chi connectivity index (χ4v) is 2.37. The van der Waals surface area contributed by atoms with Gasteiger partial charge in [-0.3, -0.25) is 0 Å². The van der Waals surface area contributed by atoms with Crippen LogP contribution in [-0.4, -0.2) is 12.6 Å². The summed E-state index contributed by atoms with van der Waals surface area (Å²) in [5.41, 5.74) is 0.644. The molecule has 0 heterocycles. The van der Waals surface area contributed by atoms with Crippen molar-refractivity contribution in [3.8, 4) is 0 Å². The molecule has 0 spiro atoms. The highest BCUT2D eigenvalue weighted by Gasteiger charge is 2.07. The molecule has 0 amide bonds. The van der Waals surface area contributed by atoms with Crippen LogP contribution in [-0.2, 0) is 9.53 Å². The minimum absolute atomic E-state index is 0.186. The van der Waals surface area contributed by atoms with Crippen LogP contribution < -0.4 is 0 Å². The number of carbonyl (C=O) groups is 1. The van der Waals surface area contributed by atoms with E-state index in [0.29, 0.717) is 12.2 Å². The SMILES string of the molecule is C=C(CCCCCC)C(=O)OCCCCCCCCCC.